The van der Waals surface area contributed by atoms with Gasteiger partial charge in [0.15, 0.2) is 23.0 Å². The van der Waals surface area contributed by atoms with Crippen molar-refractivity contribution in [2.75, 3.05) is 27.4 Å². The second-order valence-corrected chi connectivity index (χ2v) is 6.79. The van der Waals surface area contributed by atoms with E-state index < -0.39 is 0 Å². The van der Waals surface area contributed by atoms with Crippen molar-refractivity contribution in [1.29, 1.82) is 0 Å². The van der Waals surface area contributed by atoms with Crippen LogP contribution in [0.15, 0.2) is 48.1 Å². The van der Waals surface area contributed by atoms with Crippen molar-refractivity contribution in [2.45, 2.75) is 6.92 Å². The summed E-state index contributed by atoms with van der Waals surface area (Å²) in [6, 6.07) is 8.59. The van der Waals surface area contributed by atoms with E-state index in [4.69, 9.17) is 18.9 Å². The molecule has 0 atom stereocenters. The molecule has 0 fully saturated rings. The van der Waals surface area contributed by atoms with Crippen LogP contribution in [0, 0.1) is 3.57 Å². The summed E-state index contributed by atoms with van der Waals surface area (Å²) in [6.07, 6.45) is 3.17. The van der Waals surface area contributed by atoms with Gasteiger partial charge in [-0.2, -0.15) is 5.10 Å². The molecule has 29 heavy (non-hydrogen) atoms. The zero-order chi connectivity index (χ0) is 21.2. The smallest absolute Gasteiger partial charge is 0.271 e. The first-order valence-electron chi connectivity index (χ1n) is 8.79. The number of nitrogens with one attached hydrogen (secondary N) is 1. The van der Waals surface area contributed by atoms with Gasteiger partial charge in [0.05, 0.1) is 30.6 Å². The first-order chi connectivity index (χ1) is 14.0. The van der Waals surface area contributed by atoms with Crippen LogP contribution in [0.4, 0.5) is 0 Å². The molecule has 0 bridgehead atoms. The Hall–Kier alpha value is -2.75. The zero-order valence-electron chi connectivity index (χ0n) is 16.5. The fourth-order valence-electron chi connectivity index (χ4n) is 2.43. The molecule has 0 aliphatic heterocycles. The number of ether oxygens (including phenoxy) is 4. The SMILES string of the molecule is C=CCOc1ccc(C(=O)N/N=C/c2cc(I)c(OC)c(OC)c2)cc1OCC. The van der Waals surface area contributed by atoms with E-state index in [0.717, 1.165) is 9.13 Å². The third-order valence-electron chi connectivity index (χ3n) is 3.70. The standard InChI is InChI=1S/C21H23IN2O5/c1-5-9-29-17-8-7-15(12-18(17)28-6-2)21(25)24-23-13-14-10-16(22)20(27-4)19(11-14)26-3/h5,7-8,10-13H,1,6,9H2,2-4H3,(H,24,25)/b23-13+. The maximum Gasteiger partial charge on any atom is 0.271 e. The summed E-state index contributed by atoms with van der Waals surface area (Å²) in [5.41, 5.74) is 3.67. The Labute approximate surface area is 183 Å². The van der Waals surface area contributed by atoms with Gasteiger partial charge in [-0.3, -0.25) is 4.79 Å². The molecule has 2 rings (SSSR count). The highest BCUT2D eigenvalue weighted by atomic mass is 127. The van der Waals surface area contributed by atoms with Gasteiger partial charge in [-0.1, -0.05) is 12.7 Å². The number of nitrogens with zero attached hydrogens (tertiary/aromatic N) is 1. The third-order valence-corrected chi connectivity index (χ3v) is 4.50. The van der Waals surface area contributed by atoms with Gasteiger partial charge in [-0.15, -0.1) is 0 Å². The lowest BCUT2D eigenvalue weighted by atomic mass is 10.2. The molecule has 154 valence electrons. The Morgan fingerprint density at radius 1 is 1.14 bits per heavy atom. The molecule has 0 unspecified atom stereocenters. The van der Waals surface area contributed by atoms with Crippen LogP contribution in [-0.4, -0.2) is 39.6 Å². The minimum absolute atomic E-state index is 0.347. The number of benzene rings is 2. The van der Waals surface area contributed by atoms with Crippen LogP contribution in [0.25, 0.3) is 0 Å². The van der Waals surface area contributed by atoms with Gasteiger partial charge in [0.25, 0.3) is 5.91 Å². The van der Waals surface area contributed by atoms with Gasteiger partial charge in [0.1, 0.15) is 6.61 Å². The van der Waals surface area contributed by atoms with Crippen molar-refractivity contribution in [3.8, 4) is 23.0 Å². The monoisotopic (exact) mass is 510 g/mol. The topological polar surface area (TPSA) is 78.4 Å². The van der Waals surface area contributed by atoms with E-state index in [2.05, 4.69) is 39.7 Å². The summed E-state index contributed by atoms with van der Waals surface area (Å²) in [4.78, 5) is 12.4. The van der Waals surface area contributed by atoms with Gasteiger partial charge in [0.2, 0.25) is 0 Å². The number of halogens is 1. The minimum atomic E-state index is -0.368. The van der Waals surface area contributed by atoms with E-state index in [-0.39, 0.29) is 5.91 Å². The predicted octanol–water partition coefficient (Wildman–Crippen LogP) is 4.04. The number of amides is 1. The summed E-state index contributed by atoms with van der Waals surface area (Å²) in [6.45, 7) is 6.28. The first-order valence-corrected chi connectivity index (χ1v) is 9.87. The Morgan fingerprint density at radius 3 is 2.59 bits per heavy atom. The lowest BCUT2D eigenvalue weighted by molar-refractivity contribution is 0.0954. The second kappa shape index (κ2) is 11.3. The van der Waals surface area contributed by atoms with E-state index in [1.165, 1.54) is 6.21 Å². The van der Waals surface area contributed by atoms with Gasteiger partial charge >= 0.3 is 0 Å². The summed E-state index contributed by atoms with van der Waals surface area (Å²) < 4.78 is 22.6. The van der Waals surface area contributed by atoms with Crippen molar-refractivity contribution >= 4 is 34.7 Å². The van der Waals surface area contributed by atoms with Gasteiger partial charge in [-0.25, -0.2) is 5.43 Å². The highest BCUT2D eigenvalue weighted by Gasteiger charge is 2.12. The van der Waals surface area contributed by atoms with Crippen LogP contribution in [0.2, 0.25) is 0 Å². The van der Waals surface area contributed by atoms with Crippen LogP contribution in [0.5, 0.6) is 23.0 Å². The zero-order valence-corrected chi connectivity index (χ0v) is 18.7. The number of hydrazone groups is 1. The van der Waals surface area contributed by atoms with Crippen molar-refractivity contribution in [3.05, 3.63) is 57.7 Å². The van der Waals surface area contributed by atoms with E-state index in [9.17, 15) is 4.79 Å². The van der Waals surface area contributed by atoms with E-state index in [1.54, 1.807) is 44.6 Å². The fraction of sp³-hybridized carbons (Fsp3) is 0.238. The molecule has 1 amide bonds. The molecule has 2 aromatic carbocycles. The van der Waals surface area contributed by atoms with Crippen LogP contribution in [-0.2, 0) is 0 Å². The number of hydrogen-bond donors (Lipinski definition) is 1. The molecule has 0 aromatic heterocycles. The molecule has 0 aliphatic rings. The van der Waals surface area contributed by atoms with E-state index in [0.29, 0.717) is 41.8 Å². The minimum Gasteiger partial charge on any atom is -0.493 e. The first kappa shape index (κ1) is 22.5. The average molecular weight is 510 g/mol. The van der Waals surface area contributed by atoms with Crippen LogP contribution < -0.4 is 24.4 Å². The summed E-state index contributed by atoms with van der Waals surface area (Å²) in [5, 5.41) is 4.03. The maximum absolute atomic E-state index is 12.4. The quantitative estimate of drug-likeness (QED) is 0.226. The molecule has 2 aromatic rings. The lowest BCUT2D eigenvalue weighted by Gasteiger charge is -2.12. The van der Waals surface area contributed by atoms with Crippen molar-refractivity contribution in [3.63, 3.8) is 0 Å². The fourth-order valence-corrected chi connectivity index (χ4v) is 3.27. The van der Waals surface area contributed by atoms with Crippen LogP contribution in [0.1, 0.15) is 22.8 Å². The molecule has 0 saturated carbocycles. The van der Waals surface area contributed by atoms with Crippen LogP contribution >= 0.6 is 22.6 Å². The van der Waals surface area contributed by atoms with Crippen molar-refractivity contribution in [1.82, 2.24) is 5.43 Å². The number of carbonyl (C=O) groups excluding carboxylic acids is 1. The van der Waals surface area contributed by atoms with Crippen LogP contribution in [0.3, 0.4) is 0 Å². The predicted molar refractivity (Wildman–Crippen MR) is 121 cm³/mol. The maximum atomic E-state index is 12.4. The van der Waals surface area contributed by atoms with E-state index >= 15 is 0 Å². The molecule has 0 heterocycles. The number of carbonyl (C=O) groups is 1. The van der Waals surface area contributed by atoms with Crippen molar-refractivity contribution in [2.24, 2.45) is 5.10 Å². The lowest BCUT2D eigenvalue weighted by Crippen LogP contribution is -2.17. The van der Waals surface area contributed by atoms with Gasteiger partial charge < -0.3 is 18.9 Å². The molecule has 1 N–H and O–H groups in total. The largest absolute Gasteiger partial charge is 0.493 e. The Morgan fingerprint density at radius 2 is 1.93 bits per heavy atom. The molecule has 0 radical (unpaired) electrons. The number of rotatable bonds is 10. The van der Waals surface area contributed by atoms with E-state index in [1.807, 2.05) is 13.0 Å². The summed E-state index contributed by atoms with van der Waals surface area (Å²) in [5.74, 6) is 1.90. The summed E-state index contributed by atoms with van der Waals surface area (Å²) >= 11 is 2.15. The summed E-state index contributed by atoms with van der Waals surface area (Å²) in [7, 11) is 3.15. The normalized spacial score (nSPS) is 10.5. The van der Waals surface area contributed by atoms with Gasteiger partial charge in [0, 0.05) is 5.56 Å². The van der Waals surface area contributed by atoms with Gasteiger partial charge in [-0.05, 0) is 65.4 Å². The Balaban J connectivity index is 2.13. The highest BCUT2D eigenvalue weighted by Crippen LogP contribution is 2.33. The molecular formula is C21H23IN2O5. The highest BCUT2D eigenvalue weighted by molar-refractivity contribution is 14.1. The molecule has 0 saturated heterocycles. The molecule has 0 spiro atoms. The Bertz CT molecular complexity index is 899. The third kappa shape index (κ3) is 6.11. The molecule has 8 heteroatoms. The number of hydrogen-bond acceptors (Lipinski definition) is 6. The Kier molecular flexibility index (Phi) is 8.78. The molecule has 7 nitrogen and oxygen atoms in total. The second-order valence-electron chi connectivity index (χ2n) is 5.63. The van der Waals surface area contributed by atoms with Crippen molar-refractivity contribution < 1.29 is 23.7 Å². The average Bonchev–Trinajstić information content (AvgIpc) is 2.72. The molecular weight excluding hydrogens is 487 g/mol. The number of methoxy groups -OCH3 is 2. The molecule has 0 aliphatic carbocycles.